The molecule has 2 N–H and O–H groups in total. The minimum atomic E-state index is -2.95. The SMILES string of the molecule is COC1CCN([C@H]2C[C@H]3[C@@H]4c5cc(-c6cnc(N)c(OC(F)F)c6)nn5C(C)CC2[C@@H]34)CC1. The molecule has 2 saturated carbocycles. The van der Waals surface area contributed by atoms with Crippen LogP contribution in [-0.4, -0.2) is 58.6 Å². The number of ether oxygens (including phenoxy) is 2. The second-order valence-electron chi connectivity index (χ2n) is 10.2. The molecule has 178 valence electrons. The number of alkyl halides is 2. The molecule has 2 unspecified atom stereocenters. The van der Waals surface area contributed by atoms with Gasteiger partial charge in [-0.25, -0.2) is 4.98 Å². The highest BCUT2D eigenvalue weighted by Gasteiger charge is 2.65. The van der Waals surface area contributed by atoms with Crippen LogP contribution >= 0.6 is 0 Å². The monoisotopic (exact) mass is 459 g/mol. The number of anilines is 1. The molecule has 0 bridgehead atoms. The number of hydrogen-bond acceptors (Lipinski definition) is 6. The third-order valence-electron chi connectivity index (χ3n) is 8.54. The lowest BCUT2D eigenvalue weighted by Crippen LogP contribution is -2.46. The predicted molar refractivity (Wildman–Crippen MR) is 119 cm³/mol. The molecule has 9 heteroatoms. The highest BCUT2D eigenvalue weighted by molar-refractivity contribution is 5.64. The molecule has 0 spiro atoms. The van der Waals surface area contributed by atoms with Crippen LogP contribution in [0.3, 0.4) is 0 Å². The van der Waals surface area contributed by atoms with Crippen LogP contribution in [0.15, 0.2) is 18.3 Å². The van der Waals surface area contributed by atoms with Crippen molar-refractivity contribution < 1.29 is 18.3 Å². The molecule has 7 nitrogen and oxygen atoms in total. The van der Waals surface area contributed by atoms with Crippen molar-refractivity contribution in [1.82, 2.24) is 19.7 Å². The molecule has 2 aliphatic heterocycles. The van der Waals surface area contributed by atoms with E-state index >= 15 is 0 Å². The van der Waals surface area contributed by atoms with Crippen molar-refractivity contribution in [2.45, 2.75) is 63.3 Å². The lowest BCUT2D eigenvalue weighted by molar-refractivity contribution is -0.0494. The fraction of sp³-hybridized carbons (Fsp3) is 0.667. The van der Waals surface area contributed by atoms with Crippen molar-refractivity contribution in [2.75, 3.05) is 25.9 Å². The van der Waals surface area contributed by atoms with Gasteiger partial charge in [-0.05, 0) is 62.5 Å². The van der Waals surface area contributed by atoms with Gasteiger partial charge >= 0.3 is 6.61 Å². The average Bonchev–Trinajstić information content (AvgIpc) is 3.16. The molecule has 2 aliphatic carbocycles. The van der Waals surface area contributed by atoms with Crippen LogP contribution in [0, 0.1) is 17.8 Å². The Morgan fingerprint density at radius 3 is 2.67 bits per heavy atom. The average molecular weight is 460 g/mol. The first kappa shape index (κ1) is 21.3. The molecular weight excluding hydrogens is 428 g/mol. The standard InChI is InChI=1S/C24H31F2N5O2/c1-12-7-15-18(30-5-3-14(32-2)4-6-30)9-16-21(15)22(16)19-10-17(29-31(12)19)13-8-20(33-24(25)26)23(27)28-11-13/h8,10-12,14-16,18,21-22,24H,3-7,9H2,1-2H3,(H2,27,28)/t12?,15?,16-,18+,21+,22-/m1/s1. The molecule has 6 atom stereocenters. The molecule has 0 amide bonds. The van der Waals surface area contributed by atoms with Crippen LogP contribution in [-0.2, 0) is 4.74 Å². The summed E-state index contributed by atoms with van der Waals surface area (Å²) in [7, 11) is 1.82. The van der Waals surface area contributed by atoms with Gasteiger partial charge in [-0.2, -0.15) is 13.9 Å². The summed E-state index contributed by atoms with van der Waals surface area (Å²) < 4.78 is 37.7. The van der Waals surface area contributed by atoms with E-state index in [9.17, 15) is 8.78 Å². The smallest absolute Gasteiger partial charge is 0.387 e. The Hall–Kier alpha value is -2.26. The Morgan fingerprint density at radius 2 is 1.94 bits per heavy atom. The lowest BCUT2D eigenvalue weighted by Gasteiger charge is -2.39. The molecule has 33 heavy (non-hydrogen) atoms. The number of nitrogens with zero attached hydrogens (tertiary/aromatic N) is 4. The van der Waals surface area contributed by atoms with Gasteiger partial charge in [0.05, 0.1) is 11.8 Å². The minimum Gasteiger partial charge on any atom is -0.431 e. The zero-order valence-corrected chi connectivity index (χ0v) is 19.0. The number of nitrogen functional groups attached to an aromatic ring is 1. The highest BCUT2D eigenvalue weighted by atomic mass is 19.3. The first-order valence-electron chi connectivity index (χ1n) is 12.0. The number of methoxy groups -OCH3 is 1. The van der Waals surface area contributed by atoms with Crippen LogP contribution in [0.5, 0.6) is 5.75 Å². The summed E-state index contributed by atoms with van der Waals surface area (Å²) in [5, 5.41) is 4.91. The molecule has 4 heterocycles. The van der Waals surface area contributed by atoms with E-state index in [-0.39, 0.29) is 11.6 Å². The van der Waals surface area contributed by atoms with Gasteiger partial charge in [-0.3, -0.25) is 9.58 Å². The normalized spacial score (nSPS) is 33.6. The number of piperidine rings is 1. The summed E-state index contributed by atoms with van der Waals surface area (Å²) in [6.07, 6.45) is 6.64. The van der Waals surface area contributed by atoms with E-state index in [1.807, 2.05) is 7.11 Å². The van der Waals surface area contributed by atoms with Crippen molar-refractivity contribution in [3.8, 4) is 17.0 Å². The van der Waals surface area contributed by atoms with Gasteiger partial charge in [0.2, 0.25) is 0 Å². The number of hydrogen-bond donors (Lipinski definition) is 1. The fourth-order valence-corrected chi connectivity index (χ4v) is 7.02. The maximum absolute atomic E-state index is 12.7. The number of nitrogens with two attached hydrogens (primary N) is 1. The van der Waals surface area contributed by atoms with Gasteiger partial charge in [0, 0.05) is 55.7 Å². The topological polar surface area (TPSA) is 78.4 Å². The number of aromatic nitrogens is 3. The van der Waals surface area contributed by atoms with Gasteiger partial charge in [-0.1, -0.05) is 0 Å². The Morgan fingerprint density at radius 1 is 1.15 bits per heavy atom. The minimum absolute atomic E-state index is 0.0478. The van der Waals surface area contributed by atoms with Crippen molar-refractivity contribution >= 4 is 5.82 Å². The molecular formula is C24H31F2N5O2. The van der Waals surface area contributed by atoms with E-state index in [1.165, 1.54) is 18.2 Å². The zero-order chi connectivity index (χ0) is 22.9. The molecule has 1 saturated heterocycles. The number of fused-ring (bicyclic) bond motifs is 3. The first-order chi connectivity index (χ1) is 15.9. The van der Waals surface area contributed by atoms with E-state index in [1.54, 1.807) is 6.20 Å². The third-order valence-corrected chi connectivity index (χ3v) is 8.54. The summed E-state index contributed by atoms with van der Waals surface area (Å²) in [4.78, 5) is 6.77. The first-order valence-corrected chi connectivity index (χ1v) is 12.0. The molecule has 2 aromatic heterocycles. The summed E-state index contributed by atoms with van der Waals surface area (Å²) in [6, 6.07) is 4.61. The number of pyridine rings is 1. The molecule has 4 aliphatic rings. The molecule has 2 aromatic rings. The summed E-state index contributed by atoms with van der Waals surface area (Å²) in [5.41, 5.74) is 8.38. The number of likely N-dealkylation sites (tertiary alicyclic amines) is 1. The second-order valence-corrected chi connectivity index (χ2v) is 10.2. The number of halogens is 2. The highest BCUT2D eigenvalue weighted by Crippen LogP contribution is 2.69. The van der Waals surface area contributed by atoms with Crippen LogP contribution in [0.4, 0.5) is 14.6 Å². The maximum atomic E-state index is 12.7. The Bertz CT molecular complexity index is 1040. The Balaban J connectivity index is 1.23. The van der Waals surface area contributed by atoms with E-state index in [0.717, 1.165) is 49.9 Å². The van der Waals surface area contributed by atoms with Gasteiger partial charge in [0.15, 0.2) is 11.6 Å². The van der Waals surface area contributed by atoms with Crippen molar-refractivity contribution in [1.29, 1.82) is 0 Å². The van der Waals surface area contributed by atoms with E-state index in [4.69, 9.17) is 15.6 Å². The Labute approximate surface area is 192 Å². The van der Waals surface area contributed by atoms with E-state index in [0.29, 0.717) is 35.6 Å². The van der Waals surface area contributed by atoms with Crippen molar-refractivity contribution in [3.05, 3.63) is 24.0 Å². The van der Waals surface area contributed by atoms with E-state index < -0.39 is 6.61 Å². The van der Waals surface area contributed by atoms with Gasteiger partial charge in [0.1, 0.15) is 0 Å². The van der Waals surface area contributed by atoms with Crippen LogP contribution in [0.25, 0.3) is 11.3 Å². The van der Waals surface area contributed by atoms with Crippen molar-refractivity contribution in [2.24, 2.45) is 17.8 Å². The largest absolute Gasteiger partial charge is 0.431 e. The van der Waals surface area contributed by atoms with Crippen LogP contribution < -0.4 is 10.5 Å². The molecule has 0 aromatic carbocycles. The molecule has 6 rings (SSSR count). The predicted octanol–water partition coefficient (Wildman–Crippen LogP) is 3.92. The quantitative estimate of drug-likeness (QED) is 0.730. The summed E-state index contributed by atoms with van der Waals surface area (Å²) >= 11 is 0. The fourth-order valence-electron chi connectivity index (χ4n) is 7.02. The van der Waals surface area contributed by atoms with Gasteiger partial charge < -0.3 is 15.2 Å². The lowest BCUT2D eigenvalue weighted by atomic mass is 9.88. The van der Waals surface area contributed by atoms with Crippen molar-refractivity contribution in [3.63, 3.8) is 0 Å². The van der Waals surface area contributed by atoms with Gasteiger partial charge in [0.25, 0.3) is 0 Å². The van der Waals surface area contributed by atoms with Gasteiger partial charge in [-0.15, -0.1) is 0 Å². The Kier molecular flexibility index (Phi) is 5.10. The van der Waals surface area contributed by atoms with E-state index in [2.05, 4.69) is 32.3 Å². The maximum Gasteiger partial charge on any atom is 0.387 e. The molecule has 0 radical (unpaired) electrons. The zero-order valence-electron chi connectivity index (χ0n) is 19.0. The second kappa shape index (κ2) is 7.91. The van der Waals surface area contributed by atoms with Crippen LogP contribution in [0.1, 0.15) is 50.3 Å². The number of rotatable bonds is 5. The summed E-state index contributed by atoms with van der Waals surface area (Å²) in [5.74, 6) is 2.55. The molecule has 3 fully saturated rings. The third kappa shape index (κ3) is 3.51. The van der Waals surface area contributed by atoms with Crippen LogP contribution in [0.2, 0.25) is 0 Å². The summed E-state index contributed by atoms with van der Waals surface area (Å²) in [6.45, 7) is 1.58.